The number of anilines is 1. The maximum absolute atomic E-state index is 12.6. The minimum absolute atomic E-state index is 0.0124. The van der Waals surface area contributed by atoms with E-state index < -0.39 is 0 Å². The molecule has 0 saturated carbocycles. The average Bonchev–Trinajstić information content (AvgIpc) is 2.43. The first kappa shape index (κ1) is 15.2. The summed E-state index contributed by atoms with van der Waals surface area (Å²) in [5, 5.41) is 10.9. The third-order valence-electron chi connectivity index (χ3n) is 3.31. The quantitative estimate of drug-likeness (QED) is 0.830. The fourth-order valence-electron chi connectivity index (χ4n) is 2.31. The lowest BCUT2D eigenvalue weighted by molar-refractivity contribution is 0.227. The van der Waals surface area contributed by atoms with Crippen LogP contribution in [0, 0.1) is 0 Å². The standard InChI is InChI=1S/C16H22N2O3/c1-4-5-8-18-13-9-11(17)6-7-12(13)14(19)15(16(18)20)21-10(2)3/h6-7,9-10,19H,4-5,8,17H2,1-3H3. The summed E-state index contributed by atoms with van der Waals surface area (Å²) in [6.45, 7) is 6.28. The number of ether oxygens (including phenoxy) is 1. The third-order valence-corrected chi connectivity index (χ3v) is 3.31. The summed E-state index contributed by atoms with van der Waals surface area (Å²) in [6, 6.07) is 5.14. The SMILES string of the molecule is CCCCn1c(=O)c(OC(C)C)c(O)c2ccc(N)cc21. The number of hydrogen-bond donors (Lipinski definition) is 2. The van der Waals surface area contributed by atoms with Gasteiger partial charge in [-0.2, -0.15) is 0 Å². The van der Waals surface area contributed by atoms with Crippen molar-refractivity contribution in [3.05, 3.63) is 28.6 Å². The molecule has 1 heterocycles. The van der Waals surface area contributed by atoms with Gasteiger partial charge in [-0.15, -0.1) is 0 Å². The number of rotatable bonds is 5. The fraction of sp³-hybridized carbons (Fsp3) is 0.438. The Hall–Kier alpha value is -2.17. The third kappa shape index (κ3) is 2.96. The summed E-state index contributed by atoms with van der Waals surface area (Å²) >= 11 is 0. The van der Waals surface area contributed by atoms with Crippen LogP contribution < -0.4 is 16.0 Å². The van der Waals surface area contributed by atoms with Gasteiger partial charge in [0, 0.05) is 17.6 Å². The van der Waals surface area contributed by atoms with Gasteiger partial charge >= 0.3 is 0 Å². The number of unbranched alkanes of at least 4 members (excludes halogenated alkanes) is 1. The lowest BCUT2D eigenvalue weighted by atomic mass is 10.1. The maximum Gasteiger partial charge on any atom is 0.297 e. The van der Waals surface area contributed by atoms with Gasteiger partial charge in [0.2, 0.25) is 5.75 Å². The number of nitrogens with two attached hydrogens (primary N) is 1. The van der Waals surface area contributed by atoms with Gasteiger partial charge < -0.3 is 20.1 Å². The highest BCUT2D eigenvalue weighted by Gasteiger charge is 2.18. The number of aromatic nitrogens is 1. The van der Waals surface area contributed by atoms with Crippen molar-refractivity contribution < 1.29 is 9.84 Å². The number of nitrogens with zero attached hydrogens (tertiary/aromatic N) is 1. The summed E-state index contributed by atoms with van der Waals surface area (Å²) in [5.41, 5.74) is 6.70. The molecule has 21 heavy (non-hydrogen) atoms. The molecule has 1 aromatic carbocycles. The number of hydrogen-bond acceptors (Lipinski definition) is 4. The van der Waals surface area contributed by atoms with Crippen molar-refractivity contribution in [2.75, 3.05) is 5.73 Å². The second-order valence-electron chi connectivity index (χ2n) is 5.43. The molecule has 0 saturated heterocycles. The van der Waals surface area contributed by atoms with E-state index in [9.17, 15) is 9.90 Å². The lowest BCUT2D eigenvalue weighted by Crippen LogP contribution is -2.24. The van der Waals surface area contributed by atoms with Gasteiger partial charge in [-0.05, 0) is 38.5 Å². The van der Waals surface area contributed by atoms with Crippen LogP contribution in [0.3, 0.4) is 0 Å². The zero-order valence-electron chi connectivity index (χ0n) is 12.7. The highest BCUT2D eigenvalue weighted by molar-refractivity contribution is 5.89. The molecule has 0 amide bonds. The van der Waals surface area contributed by atoms with Gasteiger partial charge in [0.15, 0.2) is 5.75 Å². The summed E-state index contributed by atoms with van der Waals surface area (Å²) in [7, 11) is 0. The molecule has 114 valence electrons. The topological polar surface area (TPSA) is 77.5 Å². The predicted octanol–water partition coefficient (Wildman–Crippen LogP) is 2.88. The van der Waals surface area contributed by atoms with E-state index in [1.54, 1.807) is 22.8 Å². The number of pyridine rings is 1. The van der Waals surface area contributed by atoms with Crippen molar-refractivity contribution in [2.45, 2.75) is 46.3 Å². The van der Waals surface area contributed by atoms with Crippen molar-refractivity contribution in [1.29, 1.82) is 0 Å². The van der Waals surface area contributed by atoms with Crippen molar-refractivity contribution in [3.8, 4) is 11.5 Å². The van der Waals surface area contributed by atoms with Crippen LogP contribution in [0.4, 0.5) is 5.69 Å². The summed E-state index contributed by atoms with van der Waals surface area (Å²) in [5.74, 6) is -0.102. The first-order valence-electron chi connectivity index (χ1n) is 7.27. The molecular formula is C16H22N2O3. The van der Waals surface area contributed by atoms with E-state index in [1.807, 2.05) is 13.8 Å². The lowest BCUT2D eigenvalue weighted by Gasteiger charge is -2.17. The Balaban J connectivity index is 2.75. The van der Waals surface area contributed by atoms with E-state index in [0.717, 1.165) is 12.8 Å². The van der Waals surface area contributed by atoms with Crippen LogP contribution in [0.15, 0.2) is 23.0 Å². The van der Waals surface area contributed by atoms with Crippen LogP contribution in [-0.4, -0.2) is 15.8 Å². The number of nitrogen functional groups attached to an aromatic ring is 1. The number of fused-ring (bicyclic) bond motifs is 1. The summed E-state index contributed by atoms with van der Waals surface area (Å²) in [4.78, 5) is 12.6. The van der Waals surface area contributed by atoms with Crippen LogP contribution in [0.25, 0.3) is 10.9 Å². The van der Waals surface area contributed by atoms with Crippen molar-refractivity contribution in [3.63, 3.8) is 0 Å². The smallest absolute Gasteiger partial charge is 0.297 e. The number of aromatic hydroxyl groups is 1. The second-order valence-corrected chi connectivity index (χ2v) is 5.43. The highest BCUT2D eigenvalue weighted by Crippen LogP contribution is 2.33. The zero-order chi connectivity index (χ0) is 15.6. The van der Waals surface area contributed by atoms with E-state index in [0.29, 0.717) is 23.1 Å². The second kappa shape index (κ2) is 6.08. The molecule has 2 rings (SSSR count). The van der Waals surface area contributed by atoms with E-state index in [2.05, 4.69) is 6.92 Å². The zero-order valence-corrected chi connectivity index (χ0v) is 12.7. The normalized spacial score (nSPS) is 11.2. The largest absolute Gasteiger partial charge is 0.504 e. The molecule has 2 aromatic rings. The summed E-state index contributed by atoms with van der Waals surface area (Å²) in [6.07, 6.45) is 1.65. The van der Waals surface area contributed by atoms with E-state index >= 15 is 0 Å². The Morgan fingerprint density at radius 3 is 2.71 bits per heavy atom. The van der Waals surface area contributed by atoms with Gasteiger partial charge in [-0.3, -0.25) is 4.79 Å². The van der Waals surface area contributed by atoms with Crippen molar-refractivity contribution in [2.24, 2.45) is 0 Å². The van der Waals surface area contributed by atoms with Crippen LogP contribution in [0.5, 0.6) is 11.5 Å². The van der Waals surface area contributed by atoms with E-state index in [1.165, 1.54) is 0 Å². The van der Waals surface area contributed by atoms with Crippen LogP contribution in [-0.2, 0) is 6.54 Å². The van der Waals surface area contributed by atoms with Gasteiger partial charge in [-0.1, -0.05) is 13.3 Å². The molecule has 0 spiro atoms. The number of aryl methyl sites for hydroxylation is 1. The fourth-order valence-corrected chi connectivity index (χ4v) is 2.31. The van der Waals surface area contributed by atoms with Crippen LogP contribution in [0.1, 0.15) is 33.6 Å². The van der Waals surface area contributed by atoms with Gasteiger partial charge in [0.05, 0.1) is 11.6 Å². The Morgan fingerprint density at radius 2 is 2.10 bits per heavy atom. The van der Waals surface area contributed by atoms with Gasteiger partial charge in [0.25, 0.3) is 5.56 Å². The minimum Gasteiger partial charge on any atom is -0.504 e. The Morgan fingerprint density at radius 1 is 1.38 bits per heavy atom. The molecule has 0 aliphatic rings. The predicted molar refractivity (Wildman–Crippen MR) is 85.0 cm³/mol. The molecule has 0 fully saturated rings. The van der Waals surface area contributed by atoms with E-state index in [4.69, 9.17) is 10.5 Å². The minimum atomic E-state index is -0.312. The Bertz CT molecular complexity index is 705. The molecule has 0 bridgehead atoms. The first-order valence-corrected chi connectivity index (χ1v) is 7.27. The molecule has 0 unspecified atom stereocenters. The average molecular weight is 290 g/mol. The molecular weight excluding hydrogens is 268 g/mol. The Labute approximate surface area is 124 Å². The van der Waals surface area contributed by atoms with Gasteiger partial charge in [-0.25, -0.2) is 0 Å². The van der Waals surface area contributed by atoms with Crippen LogP contribution >= 0.6 is 0 Å². The van der Waals surface area contributed by atoms with Gasteiger partial charge in [0.1, 0.15) is 0 Å². The molecule has 3 N–H and O–H groups in total. The molecule has 0 radical (unpaired) electrons. The maximum atomic E-state index is 12.6. The summed E-state index contributed by atoms with van der Waals surface area (Å²) < 4.78 is 7.15. The van der Waals surface area contributed by atoms with Crippen molar-refractivity contribution >= 4 is 16.6 Å². The molecule has 5 heteroatoms. The number of benzene rings is 1. The monoisotopic (exact) mass is 290 g/mol. The molecule has 0 aliphatic heterocycles. The molecule has 0 atom stereocenters. The molecule has 1 aromatic heterocycles. The first-order chi connectivity index (χ1) is 9.95. The molecule has 0 aliphatic carbocycles. The molecule has 5 nitrogen and oxygen atoms in total. The van der Waals surface area contributed by atoms with Crippen molar-refractivity contribution in [1.82, 2.24) is 4.57 Å². The van der Waals surface area contributed by atoms with E-state index in [-0.39, 0.29) is 23.2 Å². The Kier molecular flexibility index (Phi) is 4.40. The van der Waals surface area contributed by atoms with Crippen LogP contribution in [0.2, 0.25) is 0 Å². The highest BCUT2D eigenvalue weighted by atomic mass is 16.5.